The number of anilines is 1. The number of carbonyl (C=O) groups is 1. The van der Waals surface area contributed by atoms with Crippen molar-refractivity contribution in [1.82, 2.24) is 10.2 Å². The fourth-order valence-electron chi connectivity index (χ4n) is 2.84. The molecule has 8 heteroatoms. The lowest BCUT2D eigenvalue weighted by molar-refractivity contribution is -0.136. The first-order chi connectivity index (χ1) is 10.7. The number of nitrogen functional groups attached to an aromatic ring is 1. The zero-order chi connectivity index (χ0) is 17.4. The van der Waals surface area contributed by atoms with Crippen LogP contribution in [0.1, 0.15) is 41.3 Å². The van der Waals surface area contributed by atoms with Gasteiger partial charge in [-0.1, -0.05) is 18.5 Å². The number of hydrogen-bond acceptors (Lipinski definition) is 3. The summed E-state index contributed by atoms with van der Waals surface area (Å²) in [5.41, 5.74) is 3.96. The molecule has 1 aromatic carbocycles. The first kappa shape index (κ1) is 17.9. The number of nitrogens with two attached hydrogens (primary N) is 1. The molecule has 0 spiro atoms. The third-order valence-electron chi connectivity index (χ3n) is 4.17. The second-order valence-electron chi connectivity index (χ2n) is 5.58. The van der Waals surface area contributed by atoms with Crippen LogP contribution in [0.15, 0.2) is 6.07 Å². The van der Waals surface area contributed by atoms with Crippen molar-refractivity contribution in [3.05, 3.63) is 27.8 Å². The van der Waals surface area contributed by atoms with E-state index in [4.69, 9.17) is 17.3 Å². The summed E-state index contributed by atoms with van der Waals surface area (Å²) in [6, 6.07) is 0.775. The van der Waals surface area contributed by atoms with Crippen LogP contribution in [-0.2, 0) is 6.18 Å². The first-order valence-electron chi connectivity index (χ1n) is 7.37. The number of nitrogens with zero attached hydrogens (tertiary/aromatic N) is 1. The quantitative estimate of drug-likeness (QED) is 0.822. The standard InChI is InChI=1S/C15H19ClF3N3O/c1-3-22-6-4-5-11(22)21-14(23)9-7-10(15(17,18)19)13(20)12(16)8(9)2/h7,11H,3-6,20H2,1-2H3,(H,21,23). The molecule has 1 fully saturated rings. The van der Waals surface area contributed by atoms with Gasteiger partial charge in [0, 0.05) is 12.1 Å². The smallest absolute Gasteiger partial charge is 0.397 e. The van der Waals surface area contributed by atoms with Crippen LogP contribution in [0.3, 0.4) is 0 Å². The maximum Gasteiger partial charge on any atom is 0.418 e. The molecular formula is C15H19ClF3N3O. The number of nitrogens with one attached hydrogen (secondary N) is 1. The molecule has 1 aliphatic heterocycles. The van der Waals surface area contributed by atoms with Crippen molar-refractivity contribution >= 4 is 23.2 Å². The largest absolute Gasteiger partial charge is 0.418 e. The highest BCUT2D eigenvalue weighted by Crippen LogP contribution is 2.39. The number of alkyl halides is 3. The van der Waals surface area contributed by atoms with Crippen molar-refractivity contribution in [3.63, 3.8) is 0 Å². The van der Waals surface area contributed by atoms with Gasteiger partial charge in [0.2, 0.25) is 0 Å². The highest BCUT2D eigenvalue weighted by molar-refractivity contribution is 6.34. The summed E-state index contributed by atoms with van der Waals surface area (Å²) in [6.45, 7) is 5.08. The summed E-state index contributed by atoms with van der Waals surface area (Å²) in [7, 11) is 0. The highest BCUT2D eigenvalue weighted by atomic mass is 35.5. The molecule has 0 radical (unpaired) electrons. The fraction of sp³-hybridized carbons (Fsp3) is 0.533. The molecule has 1 amide bonds. The van der Waals surface area contributed by atoms with Crippen LogP contribution >= 0.6 is 11.6 Å². The number of likely N-dealkylation sites (tertiary alicyclic amines) is 1. The molecule has 1 heterocycles. The van der Waals surface area contributed by atoms with Crippen molar-refractivity contribution in [3.8, 4) is 0 Å². The zero-order valence-corrected chi connectivity index (χ0v) is 13.7. The summed E-state index contributed by atoms with van der Waals surface area (Å²) in [5, 5.41) is 2.55. The second-order valence-corrected chi connectivity index (χ2v) is 5.96. The lowest BCUT2D eigenvalue weighted by atomic mass is 10.0. The Hall–Kier alpha value is -1.47. The monoisotopic (exact) mass is 349 g/mol. The second kappa shape index (κ2) is 6.57. The van der Waals surface area contributed by atoms with Gasteiger partial charge in [-0.15, -0.1) is 0 Å². The number of hydrogen-bond donors (Lipinski definition) is 2. The summed E-state index contributed by atoms with van der Waals surface area (Å²) in [5.74, 6) is -0.569. The Morgan fingerprint density at radius 3 is 2.74 bits per heavy atom. The number of amides is 1. The van der Waals surface area contributed by atoms with Gasteiger partial charge < -0.3 is 11.1 Å². The van der Waals surface area contributed by atoms with E-state index in [1.807, 2.05) is 6.92 Å². The fourth-order valence-corrected chi connectivity index (χ4v) is 3.04. The molecule has 1 atom stereocenters. The molecule has 0 saturated carbocycles. The Bertz CT molecular complexity index is 619. The Labute approximate surface area is 137 Å². The van der Waals surface area contributed by atoms with Gasteiger partial charge in [-0.25, -0.2) is 0 Å². The molecule has 0 aromatic heterocycles. The molecule has 1 saturated heterocycles. The van der Waals surface area contributed by atoms with E-state index in [0.29, 0.717) is 0 Å². The summed E-state index contributed by atoms with van der Waals surface area (Å²) < 4.78 is 39.1. The minimum atomic E-state index is -4.67. The van der Waals surface area contributed by atoms with Crippen LogP contribution in [0.4, 0.5) is 18.9 Å². The van der Waals surface area contributed by atoms with Gasteiger partial charge >= 0.3 is 6.18 Å². The molecule has 23 heavy (non-hydrogen) atoms. The third-order valence-corrected chi connectivity index (χ3v) is 4.65. The van der Waals surface area contributed by atoms with Crippen LogP contribution in [0.5, 0.6) is 0 Å². The highest BCUT2D eigenvalue weighted by Gasteiger charge is 2.36. The van der Waals surface area contributed by atoms with E-state index < -0.39 is 23.3 Å². The molecule has 4 nitrogen and oxygen atoms in total. The average Bonchev–Trinajstić information content (AvgIpc) is 2.90. The van der Waals surface area contributed by atoms with Gasteiger partial charge in [-0.2, -0.15) is 13.2 Å². The zero-order valence-electron chi connectivity index (χ0n) is 12.9. The summed E-state index contributed by atoms with van der Waals surface area (Å²) in [4.78, 5) is 14.5. The lowest BCUT2D eigenvalue weighted by Gasteiger charge is -2.24. The number of benzene rings is 1. The minimum Gasteiger partial charge on any atom is -0.397 e. The van der Waals surface area contributed by atoms with Crippen molar-refractivity contribution in [2.45, 2.75) is 39.0 Å². The van der Waals surface area contributed by atoms with Gasteiger partial charge in [-0.3, -0.25) is 9.69 Å². The predicted octanol–water partition coefficient (Wildman–Crippen LogP) is 3.42. The maximum atomic E-state index is 13.0. The van der Waals surface area contributed by atoms with Crippen LogP contribution in [-0.4, -0.2) is 30.1 Å². The van der Waals surface area contributed by atoms with Crippen LogP contribution in [0.2, 0.25) is 5.02 Å². The third kappa shape index (κ3) is 3.55. The molecule has 0 aliphatic carbocycles. The number of halogens is 4. The Balaban J connectivity index is 2.35. The maximum absolute atomic E-state index is 13.0. The molecule has 1 unspecified atom stereocenters. The van der Waals surface area contributed by atoms with E-state index in [1.165, 1.54) is 6.92 Å². The molecule has 1 aromatic rings. The topological polar surface area (TPSA) is 58.4 Å². The van der Waals surface area contributed by atoms with Crippen molar-refractivity contribution in [1.29, 1.82) is 0 Å². The average molecular weight is 350 g/mol. The summed E-state index contributed by atoms with van der Waals surface area (Å²) >= 11 is 5.90. The van der Waals surface area contributed by atoms with E-state index in [9.17, 15) is 18.0 Å². The van der Waals surface area contributed by atoms with Crippen molar-refractivity contribution in [2.75, 3.05) is 18.8 Å². The van der Waals surface area contributed by atoms with E-state index in [1.54, 1.807) is 0 Å². The van der Waals surface area contributed by atoms with E-state index >= 15 is 0 Å². The molecule has 1 aliphatic rings. The normalized spacial score (nSPS) is 19.1. The Morgan fingerprint density at radius 1 is 1.52 bits per heavy atom. The Kier molecular flexibility index (Phi) is 5.10. The van der Waals surface area contributed by atoms with Gasteiger partial charge in [0.15, 0.2) is 0 Å². The van der Waals surface area contributed by atoms with Gasteiger partial charge in [0.05, 0.1) is 22.4 Å². The first-order valence-corrected chi connectivity index (χ1v) is 7.75. The lowest BCUT2D eigenvalue weighted by Crippen LogP contribution is -2.44. The van der Waals surface area contributed by atoms with Crippen molar-refractivity contribution in [2.24, 2.45) is 0 Å². The molecule has 2 rings (SSSR count). The van der Waals surface area contributed by atoms with Gasteiger partial charge in [0.25, 0.3) is 5.91 Å². The SMILES string of the molecule is CCN1CCCC1NC(=O)c1cc(C(F)(F)F)c(N)c(Cl)c1C. The summed E-state index contributed by atoms with van der Waals surface area (Å²) in [6.07, 6.45) is -3.13. The Morgan fingerprint density at radius 2 is 2.17 bits per heavy atom. The minimum absolute atomic E-state index is 0.0977. The molecule has 3 N–H and O–H groups in total. The van der Waals surface area contributed by atoms with Gasteiger partial charge in [-0.05, 0) is 37.9 Å². The van der Waals surface area contributed by atoms with Crippen LogP contribution < -0.4 is 11.1 Å². The van der Waals surface area contributed by atoms with E-state index in [-0.39, 0.29) is 22.3 Å². The predicted molar refractivity (Wildman–Crippen MR) is 83.3 cm³/mol. The van der Waals surface area contributed by atoms with E-state index in [2.05, 4.69) is 10.2 Å². The van der Waals surface area contributed by atoms with Crippen LogP contribution in [0, 0.1) is 6.92 Å². The van der Waals surface area contributed by atoms with Crippen molar-refractivity contribution < 1.29 is 18.0 Å². The molecule has 128 valence electrons. The van der Waals surface area contributed by atoms with Crippen LogP contribution in [0.25, 0.3) is 0 Å². The molecule has 0 bridgehead atoms. The number of rotatable bonds is 3. The number of carbonyl (C=O) groups excluding carboxylic acids is 1. The van der Waals surface area contributed by atoms with Gasteiger partial charge in [0.1, 0.15) is 0 Å². The molecular weight excluding hydrogens is 331 g/mol. The van der Waals surface area contributed by atoms with E-state index in [0.717, 1.165) is 32.0 Å².